The average molecular weight is 373 g/mol. The predicted molar refractivity (Wildman–Crippen MR) is 101 cm³/mol. The molecule has 0 N–H and O–H groups in total. The third-order valence-corrected chi connectivity index (χ3v) is 7.82. The van der Waals surface area contributed by atoms with Gasteiger partial charge in [-0.2, -0.15) is 0 Å². The average Bonchev–Trinajstić information content (AvgIpc) is 2.54. The van der Waals surface area contributed by atoms with Crippen LogP contribution in [0.2, 0.25) is 5.02 Å². The van der Waals surface area contributed by atoms with E-state index in [9.17, 15) is 8.42 Å². The summed E-state index contributed by atoms with van der Waals surface area (Å²) in [5.41, 5.74) is 1.16. The molecule has 3 nitrogen and oxygen atoms in total. The van der Waals surface area contributed by atoms with Crippen LogP contribution in [0.1, 0.15) is 51.5 Å². The predicted octanol–water partition coefficient (Wildman–Crippen LogP) is 4.91. The number of hydrogen-bond acceptors (Lipinski definition) is 3. The molecule has 1 aliphatic rings. The summed E-state index contributed by atoms with van der Waals surface area (Å²) in [5, 5.41) is 0.485. The van der Waals surface area contributed by atoms with Crippen molar-refractivity contribution in [3.63, 3.8) is 0 Å². The molecule has 0 saturated heterocycles. The van der Waals surface area contributed by atoms with Gasteiger partial charge in [0.1, 0.15) is 5.75 Å². The Morgan fingerprint density at radius 3 is 2.38 bits per heavy atom. The highest BCUT2D eigenvalue weighted by Crippen LogP contribution is 2.34. The Morgan fingerprint density at radius 1 is 1.17 bits per heavy atom. The minimum absolute atomic E-state index is 0.259. The van der Waals surface area contributed by atoms with Gasteiger partial charge in [0.2, 0.25) is 0 Å². The summed E-state index contributed by atoms with van der Waals surface area (Å²) in [6, 6.07) is 5.76. The van der Waals surface area contributed by atoms with E-state index in [2.05, 4.69) is 0 Å². The molecule has 1 aliphatic carbocycles. The quantitative estimate of drug-likeness (QED) is 0.682. The molecule has 0 atom stereocenters. The summed E-state index contributed by atoms with van der Waals surface area (Å²) in [6.07, 6.45) is 6.39. The van der Waals surface area contributed by atoms with Crippen LogP contribution in [0, 0.1) is 11.8 Å². The van der Waals surface area contributed by atoms with Crippen molar-refractivity contribution in [3.8, 4) is 5.75 Å². The molecule has 5 heteroatoms. The first-order valence-corrected chi connectivity index (χ1v) is 10.9. The Morgan fingerprint density at radius 2 is 1.79 bits per heavy atom. The smallest absolute Gasteiger partial charge is 0.152 e. The standard InChI is InChI=1S/C19H29ClO3S/c1-14(2)24(21,22)13-16-6-4-15(5-7-16)8-9-17-12-18(20)10-11-19(17)23-3/h10-12,14-16H,4-9,13H2,1-3H3. The Bertz CT molecular complexity index is 632. The Hall–Kier alpha value is -0.740. The van der Waals surface area contributed by atoms with Crippen LogP contribution in [0.3, 0.4) is 0 Å². The number of sulfone groups is 1. The van der Waals surface area contributed by atoms with Gasteiger partial charge >= 0.3 is 0 Å². The van der Waals surface area contributed by atoms with Crippen LogP contribution in [0.25, 0.3) is 0 Å². The number of methoxy groups -OCH3 is 1. The van der Waals surface area contributed by atoms with Gasteiger partial charge in [-0.05, 0) is 75.1 Å². The lowest BCUT2D eigenvalue weighted by atomic mass is 9.80. The zero-order valence-electron chi connectivity index (χ0n) is 14.9. The van der Waals surface area contributed by atoms with E-state index in [-0.39, 0.29) is 5.25 Å². The maximum Gasteiger partial charge on any atom is 0.152 e. The number of benzene rings is 1. The summed E-state index contributed by atoms with van der Waals surface area (Å²) in [5.74, 6) is 2.27. The van der Waals surface area contributed by atoms with Gasteiger partial charge in [-0.3, -0.25) is 0 Å². The molecular weight excluding hydrogens is 344 g/mol. The van der Waals surface area contributed by atoms with Crippen molar-refractivity contribution in [2.75, 3.05) is 12.9 Å². The number of hydrogen-bond donors (Lipinski definition) is 0. The molecule has 0 aromatic heterocycles. The van der Waals surface area contributed by atoms with Crippen LogP contribution in [0.5, 0.6) is 5.75 Å². The minimum atomic E-state index is -2.92. The Labute approximate surface area is 151 Å². The molecule has 1 aromatic carbocycles. The molecule has 0 spiro atoms. The number of halogens is 1. The van der Waals surface area contributed by atoms with E-state index in [0.29, 0.717) is 17.6 Å². The number of ether oxygens (including phenoxy) is 1. The van der Waals surface area contributed by atoms with Crippen molar-refractivity contribution in [1.82, 2.24) is 0 Å². The molecule has 0 amide bonds. The molecule has 2 rings (SSSR count). The van der Waals surface area contributed by atoms with Crippen LogP contribution in [-0.4, -0.2) is 26.5 Å². The largest absolute Gasteiger partial charge is 0.496 e. The first-order valence-electron chi connectivity index (χ1n) is 8.85. The zero-order valence-corrected chi connectivity index (χ0v) is 16.5. The summed E-state index contributed by atoms with van der Waals surface area (Å²) in [7, 11) is -1.23. The van der Waals surface area contributed by atoms with Crippen molar-refractivity contribution in [2.45, 2.75) is 57.6 Å². The summed E-state index contributed by atoms with van der Waals surface area (Å²) < 4.78 is 29.5. The molecule has 0 unspecified atom stereocenters. The van der Waals surface area contributed by atoms with Crippen molar-refractivity contribution in [2.24, 2.45) is 11.8 Å². The van der Waals surface area contributed by atoms with E-state index in [1.54, 1.807) is 21.0 Å². The highest BCUT2D eigenvalue weighted by atomic mass is 35.5. The van der Waals surface area contributed by atoms with Gasteiger partial charge in [0, 0.05) is 5.02 Å². The first-order chi connectivity index (χ1) is 11.3. The van der Waals surface area contributed by atoms with E-state index in [0.717, 1.165) is 54.9 Å². The van der Waals surface area contributed by atoms with E-state index in [4.69, 9.17) is 16.3 Å². The zero-order chi connectivity index (χ0) is 17.7. The Kier molecular flexibility index (Phi) is 6.99. The van der Waals surface area contributed by atoms with Crippen molar-refractivity contribution < 1.29 is 13.2 Å². The summed E-state index contributed by atoms with van der Waals surface area (Å²) in [6.45, 7) is 3.55. The van der Waals surface area contributed by atoms with E-state index < -0.39 is 9.84 Å². The van der Waals surface area contributed by atoms with Crippen molar-refractivity contribution >= 4 is 21.4 Å². The fraction of sp³-hybridized carbons (Fsp3) is 0.684. The van der Waals surface area contributed by atoms with Crippen LogP contribution in [-0.2, 0) is 16.3 Å². The van der Waals surface area contributed by atoms with Crippen molar-refractivity contribution in [3.05, 3.63) is 28.8 Å². The van der Waals surface area contributed by atoms with Gasteiger partial charge in [0.25, 0.3) is 0 Å². The van der Waals surface area contributed by atoms with E-state index >= 15 is 0 Å². The fourth-order valence-electron chi connectivity index (χ4n) is 3.51. The molecule has 0 aliphatic heterocycles. The van der Waals surface area contributed by atoms with Gasteiger partial charge in [-0.1, -0.05) is 24.4 Å². The van der Waals surface area contributed by atoms with Gasteiger partial charge in [0.15, 0.2) is 9.84 Å². The molecule has 0 heterocycles. The topological polar surface area (TPSA) is 43.4 Å². The second-order valence-electron chi connectivity index (χ2n) is 7.26. The molecule has 0 bridgehead atoms. The minimum Gasteiger partial charge on any atom is -0.496 e. The normalized spacial score (nSPS) is 21.9. The highest BCUT2D eigenvalue weighted by molar-refractivity contribution is 7.91. The SMILES string of the molecule is COc1ccc(Cl)cc1CCC1CCC(CS(=O)(=O)C(C)C)CC1. The van der Waals surface area contributed by atoms with Crippen LogP contribution < -0.4 is 4.74 Å². The van der Waals surface area contributed by atoms with Gasteiger partial charge < -0.3 is 4.74 Å². The second-order valence-corrected chi connectivity index (χ2v) is 10.3. The molecule has 24 heavy (non-hydrogen) atoms. The summed E-state index contributed by atoms with van der Waals surface area (Å²) >= 11 is 6.09. The van der Waals surface area contributed by atoms with Crippen molar-refractivity contribution in [1.29, 1.82) is 0 Å². The maximum absolute atomic E-state index is 12.1. The molecule has 1 saturated carbocycles. The molecular formula is C19H29ClO3S. The lowest BCUT2D eigenvalue weighted by Crippen LogP contribution is -2.26. The second kappa shape index (κ2) is 8.57. The van der Waals surface area contributed by atoms with E-state index in [1.807, 2.05) is 18.2 Å². The van der Waals surface area contributed by atoms with Crippen LogP contribution >= 0.6 is 11.6 Å². The van der Waals surface area contributed by atoms with Gasteiger partial charge in [-0.15, -0.1) is 0 Å². The Balaban J connectivity index is 1.83. The fourth-order valence-corrected chi connectivity index (χ4v) is 5.08. The third kappa shape index (κ3) is 5.38. The maximum atomic E-state index is 12.1. The lowest BCUT2D eigenvalue weighted by Gasteiger charge is -2.29. The lowest BCUT2D eigenvalue weighted by molar-refractivity contribution is 0.277. The number of rotatable bonds is 7. The summed E-state index contributed by atoms with van der Waals surface area (Å²) in [4.78, 5) is 0. The molecule has 1 fully saturated rings. The monoisotopic (exact) mass is 372 g/mol. The van der Waals surface area contributed by atoms with Gasteiger partial charge in [-0.25, -0.2) is 8.42 Å². The molecule has 0 radical (unpaired) electrons. The highest BCUT2D eigenvalue weighted by Gasteiger charge is 2.27. The molecule has 1 aromatic rings. The molecule has 136 valence electrons. The van der Waals surface area contributed by atoms with Gasteiger partial charge in [0.05, 0.1) is 18.1 Å². The third-order valence-electron chi connectivity index (χ3n) is 5.22. The van der Waals surface area contributed by atoms with Crippen LogP contribution in [0.15, 0.2) is 18.2 Å². The van der Waals surface area contributed by atoms with Crippen LogP contribution in [0.4, 0.5) is 0 Å². The van der Waals surface area contributed by atoms with E-state index in [1.165, 1.54) is 0 Å². The number of aryl methyl sites for hydroxylation is 1. The first kappa shape index (κ1) is 19.6.